The van der Waals surface area contributed by atoms with E-state index in [-0.39, 0.29) is 41.5 Å². The predicted octanol–water partition coefficient (Wildman–Crippen LogP) is 1.86. The molecule has 0 spiro atoms. The molecule has 3 aliphatic rings. The van der Waals surface area contributed by atoms with Gasteiger partial charge in [0.25, 0.3) is 5.56 Å². The summed E-state index contributed by atoms with van der Waals surface area (Å²) < 4.78 is 7.05. The Kier molecular flexibility index (Phi) is 4.60. The van der Waals surface area contributed by atoms with Crippen LogP contribution in [0.25, 0.3) is 0 Å². The summed E-state index contributed by atoms with van der Waals surface area (Å²) in [5.74, 6) is 0.919. The second-order valence-corrected chi connectivity index (χ2v) is 8.54. The summed E-state index contributed by atoms with van der Waals surface area (Å²) in [6.45, 7) is 2.35. The SMILES string of the molecule is COc1ccc(N2C[C@H](C(=O)N3C[C@@H]4C[C@@H](C3)c3cccc(=O)n3C4)CC2=O)cc1. The lowest BCUT2D eigenvalue weighted by molar-refractivity contribution is -0.138. The zero-order valence-electron chi connectivity index (χ0n) is 17.0. The van der Waals surface area contributed by atoms with Crippen molar-refractivity contribution in [3.8, 4) is 5.75 Å². The monoisotopic (exact) mass is 407 g/mol. The molecule has 4 heterocycles. The van der Waals surface area contributed by atoms with Gasteiger partial charge in [0, 0.05) is 56.0 Å². The molecule has 1 aromatic heterocycles. The maximum Gasteiger partial charge on any atom is 0.250 e. The smallest absolute Gasteiger partial charge is 0.250 e. The Bertz CT molecular complexity index is 1050. The van der Waals surface area contributed by atoms with Gasteiger partial charge in [-0.15, -0.1) is 0 Å². The van der Waals surface area contributed by atoms with E-state index >= 15 is 0 Å². The van der Waals surface area contributed by atoms with Crippen LogP contribution in [0, 0.1) is 11.8 Å². The average Bonchev–Trinajstić information content (AvgIpc) is 3.15. The van der Waals surface area contributed by atoms with Crippen LogP contribution in [0.2, 0.25) is 0 Å². The number of ether oxygens (including phenoxy) is 1. The Labute approximate surface area is 174 Å². The Balaban J connectivity index is 1.31. The van der Waals surface area contributed by atoms with E-state index in [0.717, 1.165) is 23.6 Å². The first kappa shape index (κ1) is 18.9. The minimum Gasteiger partial charge on any atom is -0.497 e. The highest BCUT2D eigenvalue weighted by molar-refractivity contribution is 6.00. The van der Waals surface area contributed by atoms with Gasteiger partial charge in [0.05, 0.1) is 13.0 Å². The molecule has 3 aliphatic heterocycles. The van der Waals surface area contributed by atoms with Crippen molar-refractivity contribution >= 4 is 17.5 Å². The van der Waals surface area contributed by atoms with Gasteiger partial charge in [0.2, 0.25) is 11.8 Å². The number of hydrogen-bond acceptors (Lipinski definition) is 4. The Morgan fingerprint density at radius 3 is 2.57 bits per heavy atom. The Hall–Kier alpha value is -3.09. The molecule has 3 atom stereocenters. The summed E-state index contributed by atoms with van der Waals surface area (Å²) in [4.78, 5) is 41.7. The molecule has 30 heavy (non-hydrogen) atoms. The lowest BCUT2D eigenvalue weighted by atomic mass is 9.82. The van der Waals surface area contributed by atoms with Gasteiger partial charge in [-0.2, -0.15) is 0 Å². The standard InChI is InChI=1S/C23H25N3O4/c1-30-19-7-5-18(6-8-19)25-14-17(10-22(25)28)23(29)24-11-15-9-16(13-24)20-3-2-4-21(27)26(20)12-15/h2-8,15-17H,9-14H2,1H3/t15-,16-,17+/m0/s1. The Morgan fingerprint density at radius 2 is 1.80 bits per heavy atom. The van der Waals surface area contributed by atoms with Crippen LogP contribution in [0.15, 0.2) is 47.3 Å². The topological polar surface area (TPSA) is 71.8 Å². The van der Waals surface area contributed by atoms with Gasteiger partial charge in [-0.05, 0) is 42.7 Å². The van der Waals surface area contributed by atoms with Crippen molar-refractivity contribution in [3.05, 3.63) is 58.5 Å². The van der Waals surface area contributed by atoms with Crippen LogP contribution in [0.4, 0.5) is 5.69 Å². The number of carbonyl (C=O) groups excluding carboxylic acids is 2. The molecule has 0 aliphatic carbocycles. The van der Waals surface area contributed by atoms with E-state index in [2.05, 4.69) is 0 Å². The van der Waals surface area contributed by atoms with Crippen molar-refractivity contribution in [3.63, 3.8) is 0 Å². The normalized spacial score (nSPS) is 25.2. The number of carbonyl (C=O) groups is 2. The minimum absolute atomic E-state index is 0.0207. The largest absolute Gasteiger partial charge is 0.497 e. The van der Waals surface area contributed by atoms with E-state index in [9.17, 15) is 14.4 Å². The van der Waals surface area contributed by atoms with Gasteiger partial charge in [0.15, 0.2) is 0 Å². The first-order chi connectivity index (χ1) is 14.5. The van der Waals surface area contributed by atoms with Gasteiger partial charge >= 0.3 is 0 Å². The number of pyridine rings is 1. The molecule has 7 nitrogen and oxygen atoms in total. The summed E-state index contributed by atoms with van der Waals surface area (Å²) >= 11 is 0. The number of rotatable bonds is 3. The van der Waals surface area contributed by atoms with E-state index in [1.54, 1.807) is 24.1 Å². The van der Waals surface area contributed by atoms with Crippen LogP contribution < -0.4 is 15.2 Å². The number of aromatic nitrogens is 1. The third-order valence-electron chi connectivity index (χ3n) is 6.65. The van der Waals surface area contributed by atoms with E-state index < -0.39 is 0 Å². The molecular weight excluding hydrogens is 382 g/mol. The van der Waals surface area contributed by atoms with Crippen LogP contribution in [0.5, 0.6) is 5.75 Å². The zero-order valence-corrected chi connectivity index (χ0v) is 17.0. The fraction of sp³-hybridized carbons (Fsp3) is 0.435. The summed E-state index contributed by atoms with van der Waals surface area (Å²) in [5, 5.41) is 0. The minimum atomic E-state index is -0.323. The Morgan fingerprint density at radius 1 is 1.00 bits per heavy atom. The van der Waals surface area contributed by atoms with Crippen LogP contribution in [-0.4, -0.2) is 48.0 Å². The molecule has 156 valence electrons. The number of anilines is 1. The highest BCUT2D eigenvalue weighted by Gasteiger charge is 2.41. The summed E-state index contributed by atoms with van der Waals surface area (Å²) in [5.41, 5.74) is 1.86. The molecule has 2 amide bonds. The first-order valence-corrected chi connectivity index (χ1v) is 10.5. The number of methoxy groups -OCH3 is 1. The van der Waals surface area contributed by atoms with Crippen molar-refractivity contribution in [1.82, 2.24) is 9.47 Å². The fourth-order valence-corrected chi connectivity index (χ4v) is 5.22. The molecule has 2 bridgehead atoms. The van der Waals surface area contributed by atoms with Gasteiger partial charge in [-0.1, -0.05) is 6.07 Å². The molecule has 7 heteroatoms. The van der Waals surface area contributed by atoms with Crippen LogP contribution in [0.1, 0.15) is 24.5 Å². The lowest BCUT2D eigenvalue weighted by Gasteiger charge is -2.43. The van der Waals surface area contributed by atoms with E-state index in [1.165, 1.54) is 0 Å². The maximum absolute atomic E-state index is 13.3. The van der Waals surface area contributed by atoms with Gasteiger partial charge in [-0.3, -0.25) is 14.4 Å². The number of nitrogens with zero attached hydrogens (tertiary/aromatic N) is 3. The second-order valence-electron chi connectivity index (χ2n) is 8.54. The van der Waals surface area contributed by atoms with Gasteiger partial charge in [-0.25, -0.2) is 0 Å². The average molecular weight is 407 g/mol. The van der Waals surface area contributed by atoms with Crippen LogP contribution >= 0.6 is 0 Å². The van der Waals surface area contributed by atoms with E-state index in [4.69, 9.17) is 4.74 Å². The molecule has 0 N–H and O–H groups in total. The molecular formula is C23H25N3O4. The number of hydrogen-bond donors (Lipinski definition) is 0. The predicted molar refractivity (Wildman–Crippen MR) is 112 cm³/mol. The number of likely N-dealkylation sites (tertiary alicyclic amines) is 1. The second kappa shape index (κ2) is 7.31. The lowest BCUT2D eigenvalue weighted by Crippen LogP contribution is -2.50. The van der Waals surface area contributed by atoms with Crippen molar-refractivity contribution in [1.29, 1.82) is 0 Å². The molecule has 0 radical (unpaired) electrons. The summed E-state index contributed by atoms with van der Waals surface area (Å²) in [6.07, 6.45) is 1.25. The van der Waals surface area contributed by atoms with E-state index in [0.29, 0.717) is 26.2 Å². The summed E-state index contributed by atoms with van der Waals surface area (Å²) in [7, 11) is 1.60. The van der Waals surface area contributed by atoms with E-state index in [1.807, 2.05) is 39.8 Å². The van der Waals surface area contributed by atoms with Crippen molar-refractivity contribution in [2.75, 3.05) is 31.6 Å². The highest BCUT2D eigenvalue weighted by atomic mass is 16.5. The maximum atomic E-state index is 13.3. The summed E-state index contributed by atoms with van der Waals surface area (Å²) in [6, 6.07) is 12.8. The number of amides is 2. The number of piperidine rings is 1. The van der Waals surface area contributed by atoms with Crippen LogP contribution in [0.3, 0.4) is 0 Å². The molecule has 0 saturated carbocycles. The van der Waals surface area contributed by atoms with Crippen molar-refractivity contribution in [2.24, 2.45) is 11.8 Å². The third kappa shape index (κ3) is 3.18. The number of fused-ring (bicyclic) bond motifs is 4. The fourth-order valence-electron chi connectivity index (χ4n) is 5.22. The first-order valence-electron chi connectivity index (χ1n) is 10.5. The third-order valence-corrected chi connectivity index (χ3v) is 6.65. The zero-order chi connectivity index (χ0) is 20.8. The van der Waals surface area contributed by atoms with Gasteiger partial charge in [0.1, 0.15) is 5.75 Å². The molecule has 0 unspecified atom stereocenters. The quantitative estimate of drug-likeness (QED) is 0.779. The highest BCUT2D eigenvalue weighted by Crippen LogP contribution is 2.36. The molecule has 5 rings (SSSR count). The van der Waals surface area contributed by atoms with Gasteiger partial charge < -0.3 is 19.1 Å². The number of benzene rings is 1. The van der Waals surface area contributed by atoms with Crippen molar-refractivity contribution < 1.29 is 14.3 Å². The van der Waals surface area contributed by atoms with Crippen molar-refractivity contribution in [2.45, 2.75) is 25.3 Å². The molecule has 2 aromatic rings. The molecule has 2 saturated heterocycles. The van der Waals surface area contributed by atoms with Crippen LogP contribution in [-0.2, 0) is 16.1 Å². The molecule has 2 fully saturated rings. The molecule has 1 aromatic carbocycles.